The number of likely N-dealkylation sites (N-methyl/N-ethyl adjacent to an activating group) is 1. The number of rotatable bonds is 3. The van der Waals surface area contributed by atoms with Gasteiger partial charge in [0.15, 0.2) is 0 Å². The Labute approximate surface area is 91.4 Å². The van der Waals surface area contributed by atoms with Crippen molar-refractivity contribution >= 4 is 5.91 Å². The van der Waals surface area contributed by atoms with Crippen molar-refractivity contribution in [1.82, 2.24) is 9.80 Å². The molecule has 1 heterocycles. The first-order valence-corrected chi connectivity index (χ1v) is 5.74. The van der Waals surface area contributed by atoms with Crippen LogP contribution in [-0.4, -0.2) is 55.0 Å². The van der Waals surface area contributed by atoms with E-state index in [-0.39, 0.29) is 5.91 Å². The number of amides is 1. The van der Waals surface area contributed by atoms with Crippen molar-refractivity contribution in [3.05, 3.63) is 0 Å². The van der Waals surface area contributed by atoms with Crippen molar-refractivity contribution in [3.8, 4) is 0 Å². The van der Waals surface area contributed by atoms with Gasteiger partial charge in [0.2, 0.25) is 5.91 Å². The molecule has 15 heavy (non-hydrogen) atoms. The zero-order valence-corrected chi connectivity index (χ0v) is 9.70. The minimum Gasteiger partial charge on any atom is -0.344 e. The number of carbonyl (C=O) groups is 1. The molecular formula is C11H21N3O. The van der Waals surface area contributed by atoms with Crippen molar-refractivity contribution in [2.24, 2.45) is 11.7 Å². The molecule has 1 aliphatic heterocycles. The van der Waals surface area contributed by atoms with E-state index in [0.717, 1.165) is 32.5 Å². The maximum absolute atomic E-state index is 11.9. The molecule has 0 bridgehead atoms. The van der Waals surface area contributed by atoms with Crippen LogP contribution in [0.2, 0.25) is 0 Å². The minimum absolute atomic E-state index is 0.136. The van der Waals surface area contributed by atoms with Gasteiger partial charge in [0.25, 0.3) is 0 Å². The normalized spacial score (nSPS) is 29.1. The molecule has 0 radical (unpaired) electrons. The lowest BCUT2D eigenvalue weighted by Gasteiger charge is -2.24. The third kappa shape index (κ3) is 2.32. The Balaban J connectivity index is 1.81. The van der Waals surface area contributed by atoms with Crippen LogP contribution in [0.3, 0.4) is 0 Å². The molecule has 4 nitrogen and oxygen atoms in total. The molecule has 2 N–H and O–H groups in total. The molecule has 1 unspecified atom stereocenters. The van der Waals surface area contributed by atoms with Crippen LogP contribution in [0.25, 0.3) is 0 Å². The van der Waals surface area contributed by atoms with E-state index in [1.807, 2.05) is 11.9 Å². The SMILES string of the molecule is CN1CCC(CN(C)C(=O)C2(N)CC2)C1. The molecular weight excluding hydrogens is 190 g/mol. The number of hydrogen-bond acceptors (Lipinski definition) is 3. The van der Waals surface area contributed by atoms with Gasteiger partial charge in [0, 0.05) is 20.1 Å². The Kier molecular flexibility index (Phi) is 2.73. The average molecular weight is 211 g/mol. The summed E-state index contributed by atoms with van der Waals surface area (Å²) < 4.78 is 0. The molecule has 1 saturated carbocycles. The second kappa shape index (κ2) is 3.76. The fourth-order valence-electron chi connectivity index (χ4n) is 2.37. The van der Waals surface area contributed by atoms with Gasteiger partial charge in [-0.05, 0) is 38.8 Å². The van der Waals surface area contributed by atoms with E-state index in [9.17, 15) is 4.79 Å². The standard InChI is InChI=1S/C11H21N3O/c1-13-6-3-9(7-13)8-14(2)10(15)11(12)4-5-11/h9H,3-8,12H2,1-2H3. The van der Waals surface area contributed by atoms with Crippen molar-refractivity contribution in [2.45, 2.75) is 24.8 Å². The summed E-state index contributed by atoms with van der Waals surface area (Å²) in [6, 6.07) is 0. The van der Waals surface area contributed by atoms with Crippen LogP contribution in [0.5, 0.6) is 0 Å². The predicted octanol–water partition coefficient (Wildman–Crippen LogP) is -0.112. The smallest absolute Gasteiger partial charge is 0.242 e. The van der Waals surface area contributed by atoms with E-state index in [0.29, 0.717) is 5.92 Å². The van der Waals surface area contributed by atoms with Crippen LogP contribution in [-0.2, 0) is 4.79 Å². The Morgan fingerprint density at radius 3 is 2.73 bits per heavy atom. The molecule has 0 spiro atoms. The molecule has 1 saturated heterocycles. The number of likely N-dealkylation sites (tertiary alicyclic amines) is 1. The van der Waals surface area contributed by atoms with Crippen LogP contribution in [0.4, 0.5) is 0 Å². The average Bonchev–Trinajstić information content (AvgIpc) is 2.80. The highest BCUT2D eigenvalue weighted by Gasteiger charge is 2.47. The van der Waals surface area contributed by atoms with Gasteiger partial charge in [-0.1, -0.05) is 0 Å². The fourth-order valence-corrected chi connectivity index (χ4v) is 2.37. The highest BCUT2D eigenvalue weighted by Crippen LogP contribution is 2.34. The molecule has 0 aromatic carbocycles. The van der Waals surface area contributed by atoms with Crippen molar-refractivity contribution in [3.63, 3.8) is 0 Å². The van der Waals surface area contributed by atoms with Crippen molar-refractivity contribution < 1.29 is 4.79 Å². The Morgan fingerprint density at radius 2 is 2.27 bits per heavy atom. The van der Waals surface area contributed by atoms with Crippen LogP contribution in [0.15, 0.2) is 0 Å². The summed E-state index contributed by atoms with van der Waals surface area (Å²) >= 11 is 0. The Morgan fingerprint density at radius 1 is 1.60 bits per heavy atom. The zero-order valence-electron chi connectivity index (χ0n) is 9.70. The van der Waals surface area contributed by atoms with Crippen molar-refractivity contribution in [2.75, 3.05) is 33.7 Å². The topological polar surface area (TPSA) is 49.6 Å². The molecule has 2 aliphatic rings. The van der Waals surface area contributed by atoms with E-state index in [2.05, 4.69) is 11.9 Å². The highest BCUT2D eigenvalue weighted by atomic mass is 16.2. The van der Waals surface area contributed by atoms with Gasteiger partial charge in [-0.25, -0.2) is 0 Å². The van der Waals surface area contributed by atoms with Gasteiger partial charge >= 0.3 is 0 Å². The number of hydrogen-bond donors (Lipinski definition) is 1. The van der Waals surface area contributed by atoms with Crippen LogP contribution in [0.1, 0.15) is 19.3 Å². The van der Waals surface area contributed by atoms with Gasteiger partial charge < -0.3 is 15.5 Å². The lowest BCUT2D eigenvalue weighted by atomic mass is 10.1. The lowest BCUT2D eigenvalue weighted by molar-refractivity contribution is -0.132. The van der Waals surface area contributed by atoms with Crippen LogP contribution in [0, 0.1) is 5.92 Å². The summed E-state index contributed by atoms with van der Waals surface area (Å²) in [5.74, 6) is 0.767. The van der Waals surface area contributed by atoms with Gasteiger partial charge in [-0.3, -0.25) is 4.79 Å². The van der Waals surface area contributed by atoms with E-state index < -0.39 is 5.54 Å². The molecule has 2 rings (SSSR count). The fraction of sp³-hybridized carbons (Fsp3) is 0.909. The number of carbonyl (C=O) groups excluding carboxylic acids is 1. The monoisotopic (exact) mass is 211 g/mol. The predicted molar refractivity (Wildman–Crippen MR) is 59.4 cm³/mol. The number of nitrogens with zero attached hydrogens (tertiary/aromatic N) is 2. The maximum atomic E-state index is 11.9. The summed E-state index contributed by atoms with van der Waals surface area (Å²) in [6.07, 6.45) is 2.92. The van der Waals surface area contributed by atoms with E-state index in [1.54, 1.807) is 0 Å². The van der Waals surface area contributed by atoms with Gasteiger partial charge in [-0.2, -0.15) is 0 Å². The largest absolute Gasteiger partial charge is 0.344 e. The highest BCUT2D eigenvalue weighted by molar-refractivity contribution is 5.88. The third-order valence-electron chi connectivity index (χ3n) is 3.58. The second-order valence-corrected chi connectivity index (χ2v) is 5.26. The molecule has 4 heteroatoms. The van der Waals surface area contributed by atoms with Gasteiger partial charge in [-0.15, -0.1) is 0 Å². The summed E-state index contributed by atoms with van der Waals surface area (Å²) in [5, 5.41) is 0. The molecule has 1 aliphatic carbocycles. The summed E-state index contributed by atoms with van der Waals surface area (Å²) in [6.45, 7) is 3.12. The molecule has 0 aromatic rings. The summed E-state index contributed by atoms with van der Waals surface area (Å²) in [7, 11) is 4.01. The maximum Gasteiger partial charge on any atom is 0.242 e. The first-order valence-electron chi connectivity index (χ1n) is 5.74. The second-order valence-electron chi connectivity index (χ2n) is 5.26. The minimum atomic E-state index is -0.501. The van der Waals surface area contributed by atoms with Gasteiger partial charge in [0.05, 0.1) is 5.54 Å². The number of nitrogens with two attached hydrogens (primary N) is 1. The zero-order chi connectivity index (χ0) is 11.1. The lowest BCUT2D eigenvalue weighted by Crippen LogP contribution is -2.45. The Bertz CT molecular complexity index is 263. The molecule has 1 amide bonds. The molecule has 1 atom stereocenters. The van der Waals surface area contributed by atoms with E-state index >= 15 is 0 Å². The molecule has 86 valence electrons. The quantitative estimate of drug-likeness (QED) is 0.708. The first-order chi connectivity index (χ1) is 7.01. The van der Waals surface area contributed by atoms with Crippen LogP contribution >= 0.6 is 0 Å². The van der Waals surface area contributed by atoms with E-state index in [4.69, 9.17) is 5.73 Å². The Hall–Kier alpha value is -0.610. The van der Waals surface area contributed by atoms with E-state index in [1.165, 1.54) is 6.42 Å². The van der Waals surface area contributed by atoms with Crippen LogP contribution < -0.4 is 5.73 Å². The summed E-state index contributed by atoms with van der Waals surface area (Å²) in [4.78, 5) is 16.0. The summed E-state index contributed by atoms with van der Waals surface area (Å²) in [5.41, 5.74) is 5.39. The molecule has 0 aromatic heterocycles. The van der Waals surface area contributed by atoms with Gasteiger partial charge in [0.1, 0.15) is 0 Å². The first kappa shape index (κ1) is 10.9. The van der Waals surface area contributed by atoms with Crippen molar-refractivity contribution in [1.29, 1.82) is 0 Å². The third-order valence-corrected chi connectivity index (χ3v) is 3.58. The molecule has 2 fully saturated rings.